The standard InChI is InChI=1S/C20H16ClN3O4S/c21-14-6-7-16-15(12-14)22-19(29-16)17(18(25)13-4-2-1-3-5-13)23-28-20(26)24-8-10-27-11-9-24/h1-7,12H,8-11H2. The molecule has 0 radical (unpaired) electrons. The van der Waals surface area contributed by atoms with Crippen LogP contribution >= 0.6 is 22.9 Å². The molecule has 7 nitrogen and oxygen atoms in total. The summed E-state index contributed by atoms with van der Waals surface area (Å²) in [6, 6.07) is 13.9. The Hall–Kier alpha value is -2.81. The maximum Gasteiger partial charge on any atom is 0.436 e. The molecule has 1 fully saturated rings. The molecule has 1 aromatic heterocycles. The molecule has 0 unspecified atom stereocenters. The third-order valence-corrected chi connectivity index (χ3v) is 5.57. The molecule has 4 rings (SSSR count). The van der Waals surface area contributed by atoms with E-state index in [2.05, 4.69) is 10.1 Å². The lowest BCUT2D eigenvalue weighted by Gasteiger charge is -2.24. The van der Waals surface area contributed by atoms with Gasteiger partial charge in [-0.2, -0.15) is 0 Å². The van der Waals surface area contributed by atoms with Crippen molar-refractivity contribution in [1.29, 1.82) is 0 Å². The number of hydrogen-bond acceptors (Lipinski definition) is 7. The Labute approximate surface area is 175 Å². The Bertz CT molecular complexity index is 1080. The Kier molecular flexibility index (Phi) is 5.84. The van der Waals surface area contributed by atoms with Gasteiger partial charge in [0.1, 0.15) is 0 Å². The summed E-state index contributed by atoms with van der Waals surface area (Å²) in [6.07, 6.45) is -0.629. The lowest BCUT2D eigenvalue weighted by Crippen LogP contribution is -2.40. The number of amides is 1. The number of fused-ring (bicyclic) bond motifs is 1. The van der Waals surface area contributed by atoms with E-state index in [9.17, 15) is 9.59 Å². The molecule has 1 aliphatic heterocycles. The maximum absolute atomic E-state index is 13.1. The molecule has 1 aliphatic rings. The number of Topliss-reactive ketones (excluding diaryl/α,β-unsaturated/α-hetero) is 1. The van der Waals surface area contributed by atoms with E-state index < -0.39 is 6.09 Å². The summed E-state index contributed by atoms with van der Waals surface area (Å²) in [5.74, 6) is -0.384. The summed E-state index contributed by atoms with van der Waals surface area (Å²) in [5.41, 5.74) is 1.03. The first-order chi connectivity index (χ1) is 14.1. The predicted molar refractivity (Wildman–Crippen MR) is 111 cm³/mol. The second-order valence-corrected chi connectivity index (χ2v) is 7.69. The van der Waals surface area contributed by atoms with Crippen LogP contribution in [0.3, 0.4) is 0 Å². The van der Waals surface area contributed by atoms with Crippen LogP contribution in [-0.4, -0.2) is 53.8 Å². The SMILES string of the molecule is O=C(C(=NOC(=O)N1CCOCC1)c1nc2cc(Cl)ccc2s1)c1ccccc1. The Morgan fingerprint density at radius 1 is 1.14 bits per heavy atom. The van der Waals surface area contributed by atoms with Crippen LogP contribution in [-0.2, 0) is 9.57 Å². The zero-order valence-electron chi connectivity index (χ0n) is 15.2. The Morgan fingerprint density at radius 2 is 1.90 bits per heavy atom. The first-order valence-electron chi connectivity index (χ1n) is 8.90. The number of ether oxygens (including phenoxy) is 1. The summed E-state index contributed by atoms with van der Waals surface area (Å²) >= 11 is 7.32. The fraction of sp³-hybridized carbons (Fsp3) is 0.200. The average molecular weight is 430 g/mol. The minimum Gasteiger partial charge on any atom is -0.378 e. The molecule has 29 heavy (non-hydrogen) atoms. The lowest BCUT2D eigenvalue weighted by atomic mass is 10.1. The molecule has 1 saturated heterocycles. The average Bonchev–Trinajstić information content (AvgIpc) is 3.17. The van der Waals surface area contributed by atoms with Crippen molar-refractivity contribution in [1.82, 2.24) is 9.88 Å². The first kappa shape index (κ1) is 19.5. The number of carbonyl (C=O) groups is 2. The number of nitrogens with zero attached hydrogens (tertiary/aromatic N) is 3. The molecular formula is C20H16ClN3O4S. The minimum absolute atomic E-state index is 0.0323. The van der Waals surface area contributed by atoms with E-state index in [0.29, 0.717) is 47.4 Å². The van der Waals surface area contributed by atoms with E-state index in [1.807, 2.05) is 12.1 Å². The van der Waals surface area contributed by atoms with Gasteiger partial charge in [-0.1, -0.05) is 47.1 Å². The van der Waals surface area contributed by atoms with E-state index in [4.69, 9.17) is 21.2 Å². The van der Waals surface area contributed by atoms with E-state index >= 15 is 0 Å². The molecule has 2 heterocycles. The lowest BCUT2D eigenvalue weighted by molar-refractivity contribution is 0.0279. The number of oxime groups is 1. The van der Waals surface area contributed by atoms with Gasteiger partial charge in [-0.25, -0.2) is 9.78 Å². The minimum atomic E-state index is -0.629. The second-order valence-electron chi connectivity index (χ2n) is 6.22. The highest BCUT2D eigenvalue weighted by atomic mass is 35.5. The molecule has 0 atom stereocenters. The smallest absolute Gasteiger partial charge is 0.378 e. The van der Waals surface area contributed by atoms with Crippen molar-refractivity contribution < 1.29 is 19.2 Å². The van der Waals surface area contributed by atoms with Gasteiger partial charge in [-0.3, -0.25) is 9.63 Å². The number of aromatic nitrogens is 1. The zero-order chi connectivity index (χ0) is 20.2. The van der Waals surface area contributed by atoms with Crippen molar-refractivity contribution in [3.63, 3.8) is 0 Å². The van der Waals surface area contributed by atoms with Gasteiger partial charge in [-0.15, -0.1) is 11.3 Å². The van der Waals surface area contributed by atoms with Crippen LogP contribution in [0.25, 0.3) is 10.2 Å². The number of hydrogen-bond donors (Lipinski definition) is 0. The number of carbonyl (C=O) groups excluding carboxylic acids is 2. The van der Waals surface area contributed by atoms with Crippen LogP contribution in [0.1, 0.15) is 15.4 Å². The van der Waals surface area contributed by atoms with Crippen molar-refractivity contribution >= 4 is 50.7 Å². The predicted octanol–water partition coefficient (Wildman–Crippen LogP) is 4.01. The van der Waals surface area contributed by atoms with Gasteiger partial charge in [0, 0.05) is 23.7 Å². The van der Waals surface area contributed by atoms with Gasteiger partial charge < -0.3 is 9.64 Å². The molecule has 0 bridgehead atoms. The highest BCUT2D eigenvalue weighted by molar-refractivity contribution is 7.21. The van der Waals surface area contributed by atoms with E-state index in [0.717, 1.165) is 4.70 Å². The number of halogens is 1. The molecule has 0 N–H and O–H groups in total. The van der Waals surface area contributed by atoms with Gasteiger partial charge in [0.05, 0.1) is 23.4 Å². The Balaban J connectivity index is 1.68. The van der Waals surface area contributed by atoms with Gasteiger partial charge in [0.15, 0.2) is 10.7 Å². The molecule has 3 aromatic rings. The van der Waals surface area contributed by atoms with Gasteiger partial charge in [0.25, 0.3) is 0 Å². The number of rotatable bonds is 4. The van der Waals surface area contributed by atoms with Crippen molar-refractivity contribution in [3.8, 4) is 0 Å². The molecule has 0 saturated carbocycles. The highest BCUT2D eigenvalue weighted by Crippen LogP contribution is 2.26. The third-order valence-electron chi connectivity index (χ3n) is 4.29. The fourth-order valence-electron chi connectivity index (χ4n) is 2.79. The van der Waals surface area contributed by atoms with Crippen molar-refractivity contribution in [3.05, 3.63) is 64.1 Å². The van der Waals surface area contributed by atoms with Gasteiger partial charge >= 0.3 is 6.09 Å². The monoisotopic (exact) mass is 429 g/mol. The quantitative estimate of drug-likeness (QED) is 0.271. The molecule has 148 valence electrons. The molecule has 9 heteroatoms. The van der Waals surface area contributed by atoms with Crippen molar-refractivity contribution in [2.45, 2.75) is 0 Å². The number of benzene rings is 2. The van der Waals surface area contributed by atoms with E-state index in [1.165, 1.54) is 16.2 Å². The van der Waals surface area contributed by atoms with Crippen LogP contribution in [0.2, 0.25) is 5.02 Å². The normalized spacial score (nSPS) is 14.8. The van der Waals surface area contributed by atoms with Crippen LogP contribution < -0.4 is 0 Å². The largest absolute Gasteiger partial charge is 0.436 e. The summed E-state index contributed by atoms with van der Waals surface area (Å²) in [6.45, 7) is 1.70. The highest BCUT2D eigenvalue weighted by Gasteiger charge is 2.24. The molecule has 1 amide bonds. The summed E-state index contributed by atoms with van der Waals surface area (Å²) in [5, 5.41) is 4.81. The van der Waals surface area contributed by atoms with Gasteiger partial charge in [-0.05, 0) is 18.2 Å². The van der Waals surface area contributed by atoms with Gasteiger partial charge in [0.2, 0.25) is 5.78 Å². The van der Waals surface area contributed by atoms with Crippen LogP contribution in [0.5, 0.6) is 0 Å². The second kappa shape index (κ2) is 8.69. The topological polar surface area (TPSA) is 81.1 Å². The maximum atomic E-state index is 13.1. The molecule has 0 aliphatic carbocycles. The van der Waals surface area contributed by atoms with Crippen molar-refractivity contribution in [2.75, 3.05) is 26.3 Å². The molecule has 0 spiro atoms. The third kappa shape index (κ3) is 4.45. The fourth-order valence-corrected chi connectivity index (χ4v) is 3.88. The number of morpholine rings is 1. The van der Waals surface area contributed by atoms with Crippen LogP contribution in [0.4, 0.5) is 4.79 Å². The summed E-state index contributed by atoms with van der Waals surface area (Å²) in [7, 11) is 0. The number of thiazole rings is 1. The molecular weight excluding hydrogens is 414 g/mol. The van der Waals surface area contributed by atoms with E-state index in [1.54, 1.807) is 36.4 Å². The Morgan fingerprint density at radius 3 is 2.66 bits per heavy atom. The summed E-state index contributed by atoms with van der Waals surface area (Å²) in [4.78, 5) is 36.4. The summed E-state index contributed by atoms with van der Waals surface area (Å²) < 4.78 is 6.07. The van der Waals surface area contributed by atoms with Crippen LogP contribution in [0.15, 0.2) is 53.7 Å². The van der Waals surface area contributed by atoms with Crippen LogP contribution in [0, 0.1) is 0 Å². The van der Waals surface area contributed by atoms with E-state index in [-0.39, 0.29) is 11.5 Å². The number of ketones is 1. The van der Waals surface area contributed by atoms with Crippen molar-refractivity contribution in [2.24, 2.45) is 5.16 Å². The first-order valence-corrected chi connectivity index (χ1v) is 10.1. The zero-order valence-corrected chi connectivity index (χ0v) is 16.8. The molecule has 2 aromatic carbocycles.